The van der Waals surface area contributed by atoms with Crippen LogP contribution in [0.1, 0.15) is 36.1 Å². The second-order valence-corrected chi connectivity index (χ2v) is 9.53. The van der Waals surface area contributed by atoms with Crippen LogP contribution in [-0.2, 0) is 13.0 Å². The van der Waals surface area contributed by atoms with Gasteiger partial charge in [-0.05, 0) is 43.1 Å². The van der Waals surface area contributed by atoms with E-state index in [1.54, 1.807) is 11.3 Å². The SMILES string of the molecule is c1ccc(C[C@H]2CCC[C@H]3[C@@H]4C[C@@H](CN(Cc5cncs5)C4)CN23)cc1. The summed E-state index contributed by atoms with van der Waals surface area (Å²) in [6.07, 6.45) is 8.96. The third-order valence-electron chi connectivity index (χ3n) is 6.77. The third-order valence-corrected chi connectivity index (χ3v) is 7.53. The second-order valence-electron chi connectivity index (χ2n) is 8.56. The van der Waals surface area contributed by atoms with Crippen molar-refractivity contribution >= 4 is 11.3 Å². The molecule has 0 radical (unpaired) electrons. The molecule has 3 fully saturated rings. The number of nitrogens with zero attached hydrogens (tertiary/aromatic N) is 3. The van der Waals surface area contributed by atoms with E-state index < -0.39 is 0 Å². The molecule has 3 aliphatic heterocycles. The molecule has 26 heavy (non-hydrogen) atoms. The maximum atomic E-state index is 4.26. The second kappa shape index (κ2) is 7.41. The zero-order valence-corrected chi connectivity index (χ0v) is 16.3. The van der Waals surface area contributed by atoms with Crippen LogP contribution in [-0.4, -0.2) is 46.5 Å². The molecule has 2 bridgehead atoms. The van der Waals surface area contributed by atoms with Crippen molar-refractivity contribution in [3.8, 4) is 0 Å². The summed E-state index contributed by atoms with van der Waals surface area (Å²) in [6.45, 7) is 4.99. The number of hydrogen-bond acceptors (Lipinski definition) is 4. The molecule has 2 aromatic rings. The summed E-state index contributed by atoms with van der Waals surface area (Å²) >= 11 is 1.81. The van der Waals surface area contributed by atoms with E-state index in [0.717, 1.165) is 30.5 Å². The van der Waals surface area contributed by atoms with Gasteiger partial charge in [0.05, 0.1) is 5.51 Å². The van der Waals surface area contributed by atoms with Crippen molar-refractivity contribution in [3.05, 3.63) is 52.5 Å². The quantitative estimate of drug-likeness (QED) is 0.812. The first-order chi connectivity index (χ1) is 12.8. The van der Waals surface area contributed by atoms with Crippen LogP contribution in [0.5, 0.6) is 0 Å². The van der Waals surface area contributed by atoms with Gasteiger partial charge in [0.15, 0.2) is 0 Å². The Hall–Kier alpha value is -1.23. The van der Waals surface area contributed by atoms with Crippen molar-refractivity contribution < 1.29 is 0 Å². The van der Waals surface area contributed by atoms with Gasteiger partial charge >= 0.3 is 0 Å². The van der Waals surface area contributed by atoms with Crippen molar-refractivity contribution in [2.45, 2.75) is 50.7 Å². The molecule has 5 rings (SSSR count). The predicted molar refractivity (Wildman–Crippen MR) is 107 cm³/mol. The fourth-order valence-electron chi connectivity index (χ4n) is 5.79. The van der Waals surface area contributed by atoms with Crippen molar-refractivity contribution in [2.75, 3.05) is 19.6 Å². The van der Waals surface area contributed by atoms with Gasteiger partial charge in [0.25, 0.3) is 0 Å². The Balaban J connectivity index is 1.28. The Labute approximate surface area is 161 Å². The van der Waals surface area contributed by atoms with Gasteiger partial charge in [0, 0.05) is 49.3 Å². The molecule has 4 atom stereocenters. The molecule has 3 saturated heterocycles. The normalized spacial score (nSPS) is 32.3. The van der Waals surface area contributed by atoms with E-state index in [1.165, 1.54) is 62.2 Å². The molecule has 1 aromatic carbocycles. The summed E-state index contributed by atoms with van der Waals surface area (Å²) in [5.74, 6) is 1.73. The topological polar surface area (TPSA) is 19.4 Å². The molecule has 3 nitrogen and oxygen atoms in total. The Bertz CT molecular complexity index is 701. The molecule has 0 aliphatic carbocycles. The van der Waals surface area contributed by atoms with Crippen molar-refractivity contribution in [2.24, 2.45) is 11.8 Å². The summed E-state index contributed by atoms with van der Waals surface area (Å²) in [5.41, 5.74) is 3.48. The molecule has 1 aromatic heterocycles. The third kappa shape index (κ3) is 3.47. The number of rotatable bonds is 4. The molecule has 0 unspecified atom stereocenters. The highest BCUT2D eigenvalue weighted by molar-refractivity contribution is 7.09. The lowest BCUT2D eigenvalue weighted by Crippen LogP contribution is -2.61. The molecule has 4 heteroatoms. The molecule has 0 saturated carbocycles. The van der Waals surface area contributed by atoms with Crippen LogP contribution in [0.15, 0.2) is 42.0 Å². The number of piperidine rings is 3. The number of likely N-dealkylation sites (tertiary alicyclic amines) is 1. The van der Waals surface area contributed by atoms with Crippen LogP contribution in [0.4, 0.5) is 0 Å². The average Bonchev–Trinajstić information content (AvgIpc) is 3.16. The summed E-state index contributed by atoms with van der Waals surface area (Å²) in [6, 6.07) is 12.7. The van der Waals surface area contributed by atoms with E-state index in [4.69, 9.17) is 0 Å². The first-order valence-electron chi connectivity index (χ1n) is 10.2. The lowest BCUT2D eigenvalue weighted by molar-refractivity contribution is -0.0576. The summed E-state index contributed by atoms with van der Waals surface area (Å²) in [4.78, 5) is 11.3. The molecule has 4 heterocycles. The minimum absolute atomic E-state index is 0.759. The van der Waals surface area contributed by atoms with Crippen molar-refractivity contribution in [1.29, 1.82) is 0 Å². The Morgan fingerprint density at radius 3 is 2.85 bits per heavy atom. The number of benzene rings is 1. The van der Waals surface area contributed by atoms with E-state index in [0.29, 0.717) is 0 Å². The fourth-order valence-corrected chi connectivity index (χ4v) is 6.42. The highest BCUT2D eigenvalue weighted by Gasteiger charge is 2.44. The first kappa shape index (κ1) is 16.9. The summed E-state index contributed by atoms with van der Waals surface area (Å²) < 4.78 is 0. The van der Waals surface area contributed by atoms with Gasteiger partial charge < -0.3 is 0 Å². The van der Waals surface area contributed by atoms with Gasteiger partial charge in [-0.15, -0.1) is 11.3 Å². The average molecular weight is 368 g/mol. The molecular weight excluding hydrogens is 338 g/mol. The van der Waals surface area contributed by atoms with E-state index in [9.17, 15) is 0 Å². The van der Waals surface area contributed by atoms with E-state index in [2.05, 4.69) is 51.3 Å². The molecule has 0 amide bonds. The van der Waals surface area contributed by atoms with Crippen LogP contribution < -0.4 is 0 Å². The van der Waals surface area contributed by atoms with Gasteiger partial charge in [-0.3, -0.25) is 14.8 Å². The standard InChI is InChI=1S/C22H29N3S/c1-2-5-17(6-3-1)10-20-7-4-8-22-19-9-18(13-25(20)22)12-24(14-19)15-21-11-23-16-26-21/h1-3,5-6,11,16,18-20,22H,4,7-10,12-15H2/t18-,19+,20+,22-/m0/s1. The largest absolute Gasteiger partial charge is 0.298 e. The molecule has 0 spiro atoms. The number of aromatic nitrogens is 1. The van der Waals surface area contributed by atoms with Crippen LogP contribution >= 0.6 is 11.3 Å². The van der Waals surface area contributed by atoms with Gasteiger partial charge in [0.1, 0.15) is 0 Å². The summed E-state index contributed by atoms with van der Waals surface area (Å²) in [7, 11) is 0. The zero-order chi connectivity index (χ0) is 17.3. The molecule has 138 valence electrons. The molecular formula is C22H29N3S. The first-order valence-corrected chi connectivity index (χ1v) is 11.1. The van der Waals surface area contributed by atoms with Gasteiger partial charge in [-0.2, -0.15) is 0 Å². The molecule has 0 N–H and O–H groups in total. The smallest absolute Gasteiger partial charge is 0.0794 e. The van der Waals surface area contributed by atoms with Gasteiger partial charge in [-0.1, -0.05) is 36.8 Å². The Morgan fingerprint density at radius 1 is 1.08 bits per heavy atom. The number of thiazole rings is 1. The van der Waals surface area contributed by atoms with Gasteiger partial charge in [-0.25, -0.2) is 0 Å². The Morgan fingerprint density at radius 2 is 2.00 bits per heavy atom. The summed E-state index contributed by atoms with van der Waals surface area (Å²) in [5, 5.41) is 0. The van der Waals surface area contributed by atoms with Crippen molar-refractivity contribution in [3.63, 3.8) is 0 Å². The van der Waals surface area contributed by atoms with Crippen LogP contribution in [0.25, 0.3) is 0 Å². The van der Waals surface area contributed by atoms with E-state index in [-0.39, 0.29) is 0 Å². The zero-order valence-electron chi connectivity index (χ0n) is 15.5. The lowest BCUT2D eigenvalue weighted by atomic mass is 9.74. The van der Waals surface area contributed by atoms with Crippen LogP contribution in [0.3, 0.4) is 0 Å². The molecule has 3 aliphatic rings. The fraction of sp³-hybridized carbons (Fsp3) is 0.591. The minimum Gasteiger partial charge on any atom is -0.298 e. The number of hydrogen-bond donors (Lipinski definition) is 0. The minimum atomic E-state index is 0.759. The Kier molecular flexibility index (Phi) is 4.82. The maximum Gasteiger partial charge on any atom is 0.0794 e. The van der Waals surface area contributed by atoms with Crippen LogP contribution in [0, 0.1) is 11.8 Å². The highest BCUT2D eigenvalue weighted by Crippen LogP contribution is 2.40. The monoisotopic (exact) mass is 367 g/mol. The van der Waals surface area contributed by atoms with Gasteiger partial charge in [0.2, 0.25) is 0 Å². The van der Waals surface area contributed by atoms with Crippen LogP contribution in [0.2, 0.25) is 0 Å². The maximum absolute atomic E-state index is 4.26. The highest BCUT2D eigenvalue weighted by atomic mass is 32.1. The van der Waals surface area contributed by atoms with E-state index >= 15 is 0 Å². The number of fused-ring (bicyclic) bond motifs is 4. The predicted octanol–water partition coefficient (Wildman–Crippen LogP) is 4.06. The van der Waals surface area contributed by atoms with Crippen molar-refractivity contribution in [1.82, 2.24) is 14.8 Å². The van der Waals surface area contributed by atoms with E-state index in [1.807, 2.05) is 5.51 Å². The lowest BCUT2D eigenvalue weighted by Gasteiger charge is -2.55.